The maximum absolute atomic E-state index is 11.5. The topological polar surface area (TPSA) is 59.4 Å². The molecular formula is C10H21NO3Si. The molecule has 0 bridgehead atoms. The van der Waals surface area contributed by atoms with Crippen LogP contribution in [0.25, 0.3) is 0 Å². The highest BCUT2D eigenvalue weighted by atomic mass is 28.4. The van der Waals surface area contributed by atoms with Gasteiger partial charge in [0.2, 0.25) is 8.32 Å². The molecule has 1 N–H and O–H groups in total. The zero-order chi connectivity index (χ0) is 12.1. The van der Waals surface area contributed by atoms with Gasteiger partial charge in [0, 0.05) is 0 Å². The third-order valence-electron chi connectivity index (χ3n) is 1.71. The van der Waals surface area contributed by atoms with Gasteiger partial charge in [0.05, 0.1) is 6.61 Å². The van der Waals surface area contributed by atoms with Crippen molar-refractivity contribution in [2.75, 3.05) is 6.61 Å². The molecular weight excluding hydrogens is 210 g/mol. The van der Waals surface area contributed by atoms with Crippen LogP contribution in [-0.2, 0) is 14.0 Å². The minimum atomic E-state index is -1.80. The summed E-state index contributed by atoms with van der Waals surface area (Å²) in [7, 11) is -1.80. The summed E-state index contributed by atoms with van der Waals surface area (Å²) in [6.45, 7) is 9.91. The summed E-state index contributed by atoms with van der Waals surface area (Å²) < 4.78 is 10.4. The van der Waals surface area contributed by atoms with Crippen LogP contribution in [0.3, 0.4) is 0 Å². The fourth-order valence-electron chi connectivity index (χ4n) is 1.10. The van der Waals surface area contributed by atoms with Crippen LogP contribution in [0.2, 0.25) is 19.6 Å². The van der Waals surface area contributed by atoms with Crippen molar-refractivity contribution in [1.82, 2.24) is 0 Å². The monoisotopic (exact) mass is 231 g/mol. The van der Waals surface area contributed by atoms with Crippen molar-refractivity contribution in [3.63, 3.8) is 0 Å². The Morgan fingerprint density at radius 3 is 2.20 bits per heavy atom. The smallest absolute Gasteiger partial charge is 0.318 e. The van der Waals surface area contributed by atoms with E-state index < -0.39 is 14.2 Å². The lowest BCUT2D eigenvalue weighted by Crippen LogP contribution is -2.35. The number of carbonyl (C=O) groups is 1. The normalized spacial score (nSPS) is 13.1. The van der Waals surface area contributed by atoms with Gasteiger partial charge in [0.25, 0.3) is 0 Å². The number of hydrogen-bond donors (Lipinski definition) is 1. The van der Waals surface area contributed by atoms with Crippen LogP contribution in [0.5, 0.6) is 0 Å². The first-order valence-electron chi connectivity index (χ1n) is 5.25. The predicted octanol–water partition coefficient (Wildman–Crippen LogP) is 2.40. The third-order valence-corrected chi connectivity index (χ3v) is 2.54. The van der Waals surface area contributed by atoms with Gasteiger partial charge >= 0.3 is 5.97 Å². The molecule has 1 unspecified atom stereocenters. The molecule has 0 fully saturated rings. The van der Waals surface area contributed by atoms with Crippen molar-refractivity contribution in [2.45, 2.75) is 39.9 Å². The molecule has 0 spiro atoms. The Kier molecular flexibility index (Phi) is 5.57. The minimum Gasteiger partial charge on any atom is -0.534 e. The molecule has 0 aliphatic rings. The molecule has 0 saturated carbocycles. The Hall–Kier alpha value is -0.843. The molecule has 0 aromatic rings. The van der Waals surface area contributed by atoms with Crippen molar-refractivity contribution in [1.29, 1.82) is 5.41 Å². The summed E-state index contributed by atoms with van der Waals surface area (Å²) in [6.07, 6.45) is 0.544. The highest BCUT2D eigenvalue weighted by Crippen LogP contribution is 2.13. The molecule has 0 saturated heterocycles. The van der Waals surface area contributed by atoms with Crippen LogP contribution in [0.4, 0.5) is 0 Å². The molecule has 0 radical (unpaired) electrons. The summed E-state index contributed by atoms with van der Waals surface area (Å²) in [5.74, 6) is -0.852. The Bertz CT molecular complexity index is 235. The van der Waals surface area contributed by atoms with E-state index in [0.717, 1.165) is 0 Å². The van der Waals surface area contributed by atoms with E-state index >= 15 is 0 Å². The Morgan fingerprint density at radius 2 is 1.87 bits per heavy atom. The fraction of sp³-hybridized carbons (Fsp3) is 0.800. The van der Waals surface area contributed by atoms with Gasteiger partial charge in [-0.2, -0.15) is 0 Å². The van der Waals surface area contributed by atoms with E-state index in [1.807, 2.05) is 26.6 Å². The van der Waals surface area contributed by atoms with Crippen LogP contribution >= 0.6 is 0 Å². The summed E-state index contributed by atoms with van der Waals surface area (Å²) in [4.78, 5) is 11.5. The quantitative estimate of drug-likeness (QED) is 0.342. The zero-order valence-corrected chi connectivity index (χ0v) is 11.2. The number of nitrogens with one attached hydrogen (secondary N) is 1. The molecule has 5 heteroatoms. The van der Waals surface area contributed by atoms with Gasteiger partial charge in [0.1, 0.15) is 5.92 Å². The van der Waals surface area contributed by atoms with E-state index in [0.29, 0.717) is 13.0 Å². The molecule has 0 heterocycles. The first-order valence-corrected chi connectivity index (χ1v) is 8.66. The molecule has 0 rings (SSSR count). The average molecular weight is 231 g/mol. The Labute approximate surface area is 92.6 Å². The number of ether oxygens (including phenoxy) is 1. The lowest BCUT2D eigenvalue weighted by Gasteiger charge is -2.23. The second-order valence-electron chi connectivity index (χ2n) is 4.29. The standard InChI is InChI=1S/C10H21NO3Si/c1-6-8(10(12)13-7-2)9(11)14-15(3,4)5/h8,11H,6-7H2,1-5H3. The number of hydrogen-bond acceptors (Lipinski definition) is 4. The highest BCUT2D eigenvalue weighted by Gasteiger charge is 2.28. The Morgan fingerprint density at radius 1 is 1.33 bits per heavy atom. The van der Waals surface area contributed by atoms with E-state index in [-0.39, 0.29) is 11.9 Å². The fourth-order valence-corrected chi connectivity index (χ4v) is 1.90. The molecule has 4 nitrogen and oxygen atoms in total. The van der Waals surface area contributed by atoms with Crippen molar-refractivity contribution in [3.8, 4) is 0 Å². The van der Waals surface area contributed by atoms with Crippen LogP contribution in [-0.4, -0.2) is 26.8 Å². The largest absolute Gasteiger partial charge is 0.534 e. The first-order chi connectivity index (χ1) is 6.81. The SMILES string of the molecule is CCOC(=O)C(CC)C(=N)O[Si](C)(C)C. The summed E-state index contributed by atoms with van der Waals surface area (Å²) >= 11 is 0. The van der Waals surface area contributed by atoms with Crippen molar-refractivity contribution >= 4 is 20.2 Å². The third kappa shape index (κ3) is 5.56. The average Bonchev–Trinajstić information content (AvgIpc) is 2.02. The molecule has 0 aromatic carbocycles. The number of rotatable bonds is 5. The van der Waals surface area contributed by atoms with Crippen LogP contribution < -0.4 is 0 Å². The minimum absolute atomic E-state index is 0.0510. The van der Waals surface area contributed by atoms with Crippen LogP contribution in [0, 0.1) is 11.3 Å². The predicted molar refractivity (Wildman–Crippen MR) is 62.6 cm³/mol. The number of esters is 1. The van der Waals surface area contributed by atoms with Gasteiger partial charge in [0.15, 0.2) is 5.90 Å². The van der Waals surface area contributed by atoms with Crippen molar-refractivity contribution in [2.24, 2.45) is 5.92 Å². The summed E-state index contributed by atoms with van der Waals surface area (Å²) in [5, 5.41) is 7.72. The van der Waals surface area contributed by atoms with E-state index in [9.17, 15) is 4.79 Å². The lowest BCUT2D eigenvalue weighted by molar-refractivity contribution is -0.145. The van der Waals surface area contributed by atoms with Gasteiger partial charge in [-0.15, -0.1) is 0 Å². The molecule has 15 heavy (non-hydrogen) atoms. The highest BCUT2D eigenvalue weighted by molar-refractivity contribution is 6.71. The van der Waals surface area contributed by atoms with E-state index in [1.165, 1.54) is 0 Å². The maximum atomic E-state index is 11.5. The molecule has 1 atom stereocenters. The van der Waals surface area contributed by atoms with Crippen molar-refractivity contribution in [3.05, 3.63) is 0 Å². The maximum Gasteiger partial charge on any atom is 0.318 e. The van der Waals surface area contributed by atoms with Crippen LogP contribution in [0.15, 0.2) is 0 Å². The second kappa shape index (κ2) is 5.90. The lowest BCUT2D eigenvalue weighted by atomic mass is 10.1. The molecule has 88 valence electrons. The molecule has 0 amide bonds. The van der Waals surface area contributed by atoms with Crippen molar-refractivity contribution < 1.29 is 14.0 Å². The van der Waals surface area contributed by atoms with Gasteiger partial charge in [-0.05, 0) is 33.0 Å². The van der Waals surface area contributed by atoms with Crippen LogP contribution in [0.1, 0.15) is 20.3 Å². The van der Waals surface area contributed by atoms with Gasteiger partial charge in [-0.3, -0.25) is 10.2 Å². The summed E-state index contributed by atoms with van der Waals surface area (Å²) in [5.41, 5.74) is 0. The van der Waals surface area contributed by atoms with E-state index in [2.05, 4.69) is 0 Å². The number of carbonyl (C=O) groups excluding carboxylic acids is 1. The summed E-state index contributed by atoms with van der Waals surface area (Å²) in [6, 6.07) is 0. The second-order valence-corrected chi connectivity index (χ2v) is 8.72. The zero-order valence-electron chi connectivity index (χ0n) is 10.2. The van der Waals surface area contributed by atoms with Gasteiger partial charge in [-0.1, -0.05) is 6.92 Å². The molecule has 0 aliphatic heterocycles. The van der Waals surface area contributed by atoms with Gasteiger partial charge in [-0.25, -0.2) is 0 Å². The molecule has 0 aromatic heterocycles. The van der Waals surface area contributed by atoms with Gasteiger partial charge < -0.3 is 9.16 Å². The van der Waals surface area contributed by atoms with E-state index in [4.69, 9.17) is 14.6 Å². The Balaban J connectivity index is 4.41. The molecule has 0 aliphatic carbocycles. The van der Waals surface area contributed by atoms with E-state index in [1.54, 1.807) is 6.92 Å². The first kappa shape index (κ1) is 14.2.